The molecule has 9 heteroatoms. The number of esters is 1. The molecule has 0 saturated heterocycles. The van der Waals surface area contributed by atoms with Gasteiger partial charge in [0.15, 0.2) is 0 Å². The molecule has 1 aromatic heterocycles. The van der Waals surface area contributed by atoms with Gasteiger partial charge in [0.2, 0.25) is 0 Å². The minimum Gasteiger partial charge on any atom is -0.507 e. The smallest absolute Gasteiger partial charge is 0.416 e. The van der Waals surface area contributed by atoms with Crippen LogP contribution in [-0.2, 0) is 27.0 Å². The minimum absolute atomic E-state index is 0.0170. The molecule has 0 radical (unpaired) electrons. The number of alkyl halides is 3. The number of aliphatic hydroxyl groups is 1. The van der Waals surface area contributed by atoms with E-state index in [-0.39, 0.29) is 24.1 Å². The van der Waals surface area contributed by atoms with Crippen molar-refractivity contribution in [2.45, 2.75) is 19.6 Å². The maximum atomic E-state index is 13.8. The molecule has 0 bridgehead atoms. The van der Waals surface area contributed by atoms with Crippen LogP contribution in [-0.4, -0.2) is 28.0 Å². The van der Waals surface area contributed by atoms with Crippen molar-refractivity contribution in [2.75, 3.05) is 6.61 Å². The molecule has 31 heavy (non-hydrogen) atoms. The van der Waals surface area contributed by atoms with E-state index in [1.165, 1.54) is 37.4 Å². The second-order valence-electron chi connectivity index (χ2n) is 6.64. The maximum absolute atomic E-state index is 13.8. The lowest BCUT2D eigenvalue weighted by atomic mass is 10.1. The Hall–Kier alpha value is -3.62. The number of carbonyl (C=O) groups excluding carboxylic acids is 2. The molecule has 0 atom stereocenters. The first-order valence-electron chi connectivity index (χ1n) is 9.16. The van der Waals surface area contributed by atoms with Crippen LogP contribution in [0.15, 0.2) is 54.7 Å². The van der Waals surface area contributed by atoms with E-state index in [9.17, 15) is 32.3 Å². The number of fused-ring (bicyclic) bond motifs is 1. The molecule has 1 heterocycles. The van der Waals surface area contributed by atoms with Gasteiger partial charge in [-0.15, -0.1) is 0 Å². The van der Waals surface area contributed by atoms with Crippen molar-refractivity contribution in [3.63, 3.8) is 0 Å². The molecular weight excluding hydrogens is 418 g/mol. The zero-order chi connectivity index (χ0) is 22.8. The lowest BCUT2D eigenvalue weighted by molar-refractivity contribution is -0.151. The van der Waals surface area contributed by atoms with Crippen molar-refractivity contribution in [2.24, 2.45) is 0 Å². The van der Waals surface area contributed by atoms with Gasteiger partial charge < -0.3 is 14.4 Å². The Morgan fingerprint density at radius 3 is 2.42 bits per heavy atom. The van der Waals surface area contributed by atoms with Crippen LogP contribution in [0, 0.1) is 5.82 Å². The van der Waals surface area contributed by atoms with Gasteiger partial charge in [-0.05, 0) is 42.8 Å². The molecule has 0 spiro atoms. The van der Waals surface area contributed by atoms with Gasteiger partial charge in [-0.1, -0.05) is 12.1 Å². The largest absolute Gasteiger partial charge is 0.507 e. The molecule has 2 aromatic carbocycles. The number of ketones is 1. The number of benzene rings is 2. The highest BCUT2D eigenvalue weighted by atomic mass is 19.4. The summed E-state index contributed by atoms with van der Waals surface area (Å²) in [4.78, 5) is 23.3. The van der Waals surface area contributed by atoms with E-state index < -0.39 is 35.1 Å². The van der Waals surface area contributed by atoms with Gasteiger partial charge in [-0.3, -0.25) is 4.79 Å². The Bertz CT molecular complexity index is 1160. The fourth-order valence-corrected chi connectivity index (χ4v) is 3.06. The number of aliphatic hydroxyl groups excluding tert-OH is 1. The van der Waals surface area contributed by atoms with E-state index in [0.717, 1.165) is 18.2 Å². The highest BCUT2D eigenvalue weighted by molar-refractivity contribution is 6.39. The molecule has 0 aliphatic carbocycles. The predicted octanol–water partition coefficient (Wildman–Crippen LogP) is 4.88. The molecule has 162 valence electrons. The van der Waals surface area contributed by atoms with Crippen molar-refractivity contribution >= 4 is 28.4 Å². The predicted molar refractivity (Wildman–Crippen MR) is 105 cm³/mol. The number of ether oxygens (including phenoxy) is 1. The summed E-state index contributed by atoms with van der Waals surface area (Å²) in [5.41, 5.74) is 0.306. The molecule has 5 nitrogen and oxygen atoms in total. The van der Waals surface area contributed by atoms with E-state index in [2.05, 4.69) is 4.74 Å². The van der Waals surface area contributed by atoms with Crippen LogP contribution in [0.3, 0.4) is 0 Å². The molecular formula is C22H17F4NO4. The van der Waals surface area contributed by atoms with Gasteiger partial charge in [0.1, 0.15) is 11.6 Å². The summed E-state index contributed by atoms with van der Waals surface area (Å²) in [5, 5.41) is 10.6. The van der Waals surface area contributed by atoms with Crippen molar-refractivity contribution in [3.8, 4) is 0 Å². The Kier molecular flexibility index (Phi) is 6.14. The van der Waals surface area contributed by atoms with Crippen LogP contribution in [0.5, 0.6) is 0 Å². The monoisotopic (exact) mass is 435 g/mol. The average Bonchev–Trinajstić information content (AvgIpc) is 3.05. The Balaban J connectivity index is 1.99. The lowest BCUT2D eigenvalue weighted by Gasteiger charge is -2.09. The third-order valence-electron chi connectivity index (χ3n) is 4.50. The molecule has 0 fully saturated rings. The van der Waals surface area contributed by atoms with E-state index in [1.54, 1.807) is 4.57 Å². The third kappa shape index (κ3) is 4.93. The molecule has 3 aromatic rings. The molecule has 1 N–H and O–H groups in total. The van der Waals surface area contributed by atoms with Gasteiger partial charge in [-0.2, -0.15) is 13.2 Å². The molecule has 3 rings (SSSR count). The fraction of sp³-hybridized carbons (Fsp3) is 0.182. The summed E-state index contributed by atoms with van der Waals surface area (Å²) < 4.78 is 58.2. The summed E-state index contributed by atoms with van der Waals surface area (Å²) in [7, 11) is 0. The van der Waals surface area contributed by atoms with E-state index >= 15 is 0 Å². The number of hydrogen-bond acceptors (Lipinski definition) is 4. The van der Waals surface area contributed by atoms with Crippen LogP contribution in [0.2, 0.25) is 0 Å². The van der Waals surface area contributed by atoms with Crippen molar-refractivity contribution in [1.29, 1.82) is 0 Å². The van der Waals surface area contributed by atoms with Crippen LogP contribution < -0.4 is 0 Å². The Morgan fingerprint density at radius 2 is 1.81 bits per heavy atom. The first-order chi connectivity index (χ1) is 14.6. The quantitative estimate of drug-likeness (QED) is 0.197. The summed E-state index contributed by atoms with van der Waals surface area (Å²) in [6, 6.07) is 8.33. The van der Waals surface area contributed by atoms with Gasteiger partial charge >= 0.3 is 12.1 Å². The normalized spacial score (nSPS) is 12.2. The van der Waals surface area contributed by atoms with Crippen molar-refractivity contribution in [1.82, 2.24) is 4.57 Å². The van der Waals surface area contributed by atoms with E-state index in [1.807, 2.05) is 0 Å². The van der Waals surface area contributed by atoms with Crippen LogP contribution >= 0.6 is 0 Å². The van der Waals surface area contributed by atoms with Gasteiger partial charge in [0, 0.05) is 35.3 Å². The number of carbonyl (C=O) groups is 2. The number of nitrogens with zero attached hydrogens (tertiary/aromatic N) is 1. The lowest BCUT2D eigenvalue weighted by Crippen LogP contribution is -2.15. The van der Waals surface area contributed by atoms with Crippen LogP contribution in [0.1, 0.15) is 23.6 Å². The number of halogens is 4. The van der Waals surface area contributed by atoms with Crippen LogP contribution in [0.4, 0.5) is 17.6 Å². The van der Waals surface area contributed by atoms with Crippen molar-refractivity contribution < 1.29 is 37.0 Å². The zero-order valence-electron chi connectivity index (χ0n) is 16.2. The Morgan fingerprint density at radius 1 is 1.13 bits per heavy atom. The summed E-state index contributed by atoms with van der Waals surface area (Å²) >= 11 is 0. The topological polar surface area (TPSA) is 68.5 Å². The van der Waals surface area contributed by atoms with Crippen molar-refractivity contribution in [3.05, 3.63) is 77.2 Å². The summed E-state index contributed by atoms with van der Waals surface area (Å²) in [5.74, 6) is -3.39. The van der Waals surface area contributed by atoms with E-state index in [0.29, 0.717) is 17.2 Å². The average molecular weight is 435 g/mol. The Labute approximate surface area is 174 Å². The summed E-state index contributed by atoms with van der Waals surface area (Å²) in [6.07, 6.45) is -2.35. The van der Waals surface area contributed by atoms with Crippen LogP contribution in [0.25, 0.3) is 16.7 Å². The highest BCUT2D eigenvalue weighted by Crippen LogP contribution is 2.30. The maximum Gasteiger partial charge on any atom is 0.416 e. The second kappa shape index (κ2) is 8.63. The molecule has 0 unspecified atom stereocenters. The first-order valence-corrected chi connectivity index (χ1v) is 9.16. The zero-order valence-corrected chi connectivity index (χ0v) is 16.2. The second-order valence-corrected chi connectivity index (χ2v) is 6.64. The molecule has 0 amide bonds. The van der Waals surface area contributed by atoms with Gasteiger partial charge in [0.05, 0.1) is 12.2 Å². The van der Waals surface area contributed by atoms with E-state index in [4.69, 9.17) is 0 Å². The molecule has 0 aliphatic rings. The molecule has 0 saturated carbocycles. The number of aromatic nitrogens is 1. The standard InChI is InChI=1S/C22H17F4NO4/c1-2-31-21(30)20(29)10-19(28)17-12-27(18-8-7-15(23)9-16(17)18)11-13-3-5-14(6-4-13)22(24,25)26/h3-10,12,28H,2,11H2,1H3. The third-order valence-corrected chi connectivity index (χ3v) is 4.50. The highest BCUT2D eigenvalue weighted by Gasteiger charge is 2.30. The number of rotatable bonds is 6. The fourth-order valence-electron chi connectivity index (χ4n) is 3.06. The minimum atomic E-state index is -4.45. The SMILES string of the molecule is CCOC(=O)C(=O)C=C(O)c1cn(Cc2ccc(C(F)(F)F)cc2)c2ccc(F)cc12. The first kappa shape index (κ1) is 22.1. The van der Waals surface area contributed by atoms with Gasteiger partial charge in [0.25, 0.3) is 5.78 Å². The van der Waals surface area contributed by atoms with Gasteiger partial charge in [-0.25, -0.2) is 9.18 Å². The number of hydrogen-bond donors (Lipinski definition) is 1. The summed E-state index contributed by atoms with van der Waals surface area (Å²) in [6.45, 7) is 1.63. The molecule has 0 aliphatic heterocycles.